The molecule has 136 valence electrons. The van der Waals surface area contributed by atoms with Gasteiger partial charge in [-0.05, 0) is 43.7 Å². The van der Waals surface area contributed by atoms with E-state index in [1.807, 2.05) is 32.0 Å². The van der Waals surface area contributed by atoms with Gasteiger partial charge in [-0.1, -0.05) is 35.3 Å². The summed E-state index contributed by atoms with van der Waals surface area (Å²) in [4.78, 5) is 4.11. The molecule has 1 aromatic heterocycles. The summed E-state index contributed by atoms with van der Waals surface area (Å²) in [6.07, 6.45) is 0. The van der Waals surface area contributed by atoms with Crippen LogP contribution in [0.5, 0.6) is 5.75 Å². The molecule has 1 N–H and O–H groups in total. The highest BCUT2D eigenvalue weighted by molar-refractivity contribution is 7.86. The molecule has 0 saturated heterocycles. The molecule has 0 bridgehead atoms. The third-order valence-corrected chi connectivity index (χ3v) is 5.73. The Morgan fingerprint density at radius 1 is 1.15 bits per heavy atom. The summed E-state index contributed by atoms with van der Waals surface area (Å²) in [7, 11) is -4.46. The van der Waals surface area contributed by atoms with E-state index in [0.29, 0.717) is 11.3 Å². The van der Waals surface area contributed by atoms with Gasteiger partial charge in [0.15, 0.2) is 0 Å². The van der Waals surface area contributed by atoms with Gasteiger partial charge in [-0.15, -0.1) is 0 Å². The van der Waals surface area contributed by atoms with Crippen LogP contribution in [0.25, 0.3) is 10.9 Å². The van der Waals surface area contributed by atoms with Crippen LogP contribution < -0.4 is 4.74 Å². The molecule has 0 atom stereocenters. The van der Waals surface area contributed by atoms with Gasteiger partial charge in [0.25, 0.3) is 10.1 Å². The van der Waals surface area contributed by atoms with Gasteiger partial charge in [-0.2, -0.15) is 8.42 Å². The number of aryl methyl sites for hydroxylation is 2. The number of hydrogen-bond donors (Lipinski definition) is 1. The lowest BCUT2D eigenvalue weighted by Gasteiger charge is -2.13. The predicted molar refractivity (Wildman–Crippen MR) is 102 cm³/mol. The minimum Gasteiger partial charge on any atom is -0.487 e. The Morgan fingerprint density at radius 2 is 1.88 bits per heavy atom. The molecule has 1 heterocycles. The summed E-state index contributed by atoms with van der Waals surface area (Å²) >= 11 is 12.2. The van der Waals surface area contributed by atoms with Crippen molar-refractivity contribution in [2.45, 2.75) is 25.3 Å². The zero-order valence-corrected chi connectivity index (χ0v) is 16.3. The number of pyridine rings is 1. The molecular weight excluding hydrogens is 397 g/mol. The van der Waals surface area contributed by atoms with Crippen molar-refractivity contribution in [3.63, 3.8) is 0 Å². The molecule has 0 amide bonds. The summed E-state index contributed by atoms with van der Waals surface area (Å²) in [5, 5.41) is 1.03. The summed E-state index contributed by atoms with van der Waals surface area (Å²) in [5.41, 5.74) is 2.89. The predicted octanol–water partition coefficient (Wildman–Crippen LogP) is 4.98. The average molecular weight is 412 g/mol. The third kappa shape index (κ3) is 3.64. The van der Waals surface area contributed by atoms with Crippen molar-refractivity contribution in [3.05, 3.63) is 63.3 Å². The van der Waals surface area contributed by atoms with Crippen LogP contribution in [-0.2, 0) is 16.7 Å². The van der Waals surface area contributed by atoms with Crippen LogP contribution in [0.1, 0.15) is 16.8 Å². The Hall–Kier alpha value is -1.86. The van der Waals surface area contributed by atoms with Gasteiger partial charge >= 0.3 is 0 Å². The van der Waals surface area contributed by atoms with Gasteiger partial charge < -0.3 is 4.74 Å². The molecule has 0 radical (unpaired) electrons. The quantitative estimate of drug-likeness (QED) is 0.612. The SMILES string of the molecule is Cc1cc(C)c2cccc(OCc3c(Cl)ccc(S(=O)(=O)O)c3Cl)c2n1. The molecule has 0 saturated carbocycles. The van der Waals surface area contributed by atoms with Gasteiger partial charge in [-0.3, -0.25) is 4.55 Å². The highest BCUT2D eigenvalue weighted by atomic mass is 35.5. The van der Waals surface area contributed by atoms with Crippen molar-refractivity contribution in [2.75, 3.05) is 0 Å². The minimum atomic E-state index is -4.46. The smallest absolute Gasteiger partial charge is 0.296 e. The van der Waals surface area contributed by atoms with E-state index in [2.05, 4.69) is 4.98 Å². The molecule has 0 spiro atoms. The molecule has 0 fully saturated rings. The van der Waals surface area contributed by atoms with Crippen LogP contribution in [0, 0.1) is 13.8 Å². The van der Waals surface area contributed by atoms with Crippen molar-refractivity contribution in [1.29, 1.82) is 0 Å². The van der Waals surface area contributed by atoms with Crippen LogP contribution in [-0.4, -0.2) is 18.0 Å². The fourth-order valence-corrected chi connectivity index (χ4v) is 4.09. The number of benzene rings is 2. The molecule has 3 rings (SSSR count). The molecule has 0 unspecified atom stereocenters. The maximum absolute atomic E-state index is 11.4. The lowest BCUT2D eigenvalue weighted by atomic mass is 10.1. The van der Waals surface area contributed by atoms with E-state index < -0.39 is 15.0 Å². The summed E-state index contributed by atoms with van der Waals surface area (Å²) in [6, 6.07) is 10.0. The van der Waals surface area contributed by atoms with Gasteiger partial charge in [0.1, 0.15) is 22.8 Å². The van der Waals surface area contributed by atoms with E-state index in [4.69, 9.17) is 27.9 Å². The van der Waals surface area contributed by atoms with Crippen molar-refractivity contribution < 1.29 is 17.7 Å². The second-order valence-electron chi connectivity index (χ2n) is 5.83. The Bertz CT molecular complexity index is 1110. The van der Waals surface area contributed by atoms with E-state index in [1.54, 1.807) is 6.07 Å². The van der Waals surface area contributed by atoms with Crippen molar-refractivity contribution in [3.8, 4) is 5.75 Å². The van der Waals surface area contributed by atoms with Crippen LogP contribution in [0.15, 0.2) is 41.3 Å². The molecular formula is C18H15Cl2NO4S. The monoisotopic (exact) mass is 411 g/mol. The first-order chi connectivity index (χ1) is 12.2. The second kappa shape index (κ2) is 7.04. The Balaban J connectivity index is 2.02. The van der Waals surface area contributed by atoms with Crippen LogP contribution >= 0.6 is 23.2 Å². The number of ether oxygens (including phenoxy) is 1. The fourth-order valence-electron chi connectivity index (χ4n) is 2.73. The molecule has 5 nitrogen and oxygen atoms in total. The first-order valence-electron chi connectivity index (χ1n) is 7.62. The van der Waals surface area contributed by atoms with Crippen molar-refractivity contribution in [2.24, 2.45) is 0 Å². The topological polar surface area (TPSA) is 76.5 Å². The van der Waals surface area contributed by atoms with Gasteiger partial charge in [-0.25, -0.2) is 4.98 Å². The standard InChI is InChI=1S/C18H15Cl2NO4S/c1-10-8-11(2)21-18-12(10)4-3-5-15(18)25-9-13-14(19)6-7-16(17(13)20)26(22,23)24/h3-8H,9H2,1-2H3,(H,22,23,24). The third-order valence-electron chi connectivity index (χ3n) is 3.94. The lowest BCUT2D eigenvalue weighted by Crippen LogP contribution is -2.04. The van der Waals surface area contributed by atoms with Crippen LogP contribution in [0.3, 0.4) is 0 Å². The van der Waals surface area contributed by atoms with Crippen LogP contribution in [0.2, 0.25) is 10.0 Å². The summed E-state index contributed by atoms with van der Waals surface area (Å²) in [6.45, 7) is 3.81. The zero-order valence-electron chi connectivity index (χ0n) is 14.0. The highest BCUT2D eigenvalue weighted by Crippen LogP contribution is 2.33. The summed E-state index contributed by atoms with van der Waals surface area (Å²) in [5.74, 6) is 0.527. The molecule has 3 aromatic rings. The first-order valence-corrected chi connectivity index (χ1v) is 9.82. The fraction of sp³-hybridized carbons (Fsp3) is 0.167. The lowest BCUT2D eigenvalue weighted by molar-refractivity contribution is 0.309. The van der Waals surface area contributed by atoms with Crippen molar-refractivity contribution in [1.82, 2.24) is 4.98 Å². The van der Waals surface area contributed by atoms with Crippen LogP contribution in [0.4, 0.5) is 0 Å². The number of nitrogens with zero attached hydrogens (tertiary/aromatic N) is 1. The first kappa shape index (κ1) is 18.9. The number of halogens is 2. The summed E-state index contributed by atoms with van der Waals surface area (Å²) < 4.78 is 37.9. The van der Waals surface area contributed by atoms with Gasteiger partial charge in [0.2, 0.25) is 0 Å². The Labute approximate surface area is 161 Å². The number of fused-ring (bicyclic) bond motifs is 1. The maximum atomic E-state index is 11.4. The molecule has 0 aliphatic heterocycles. The van der Waals surface area contributed by atoms with Gasteiger partial charge in [0, 0.05) is 21.7 Å². The average Bonchev–Trinajstić information content (AvgIpc) is 2.53. The zero-order chi connectivity index (χ0) is 19.1. The van der Waals surface area contributed by atoms with E-state index in [9.17, 15) is 13.0 Å². The van der Waals surface area contributed by atoms with E-state index in [-0.39, 0.29) is 22.2 Å². The number of aromatic nitrogens is 1. The second-order valence-corrected chi connectivity index (χ2v) is 8.01. The minimum absolute atomic E-state index is 0.0746. The van der Waals surface area contributed by atoms with E-state index in [0.717, 1.165) is 22.7 Å². The van der Waals surface area contributed by atoms with E-state index >= 15 is 0 Å². The number of hydrogen-bond acceptors (Lipinski definition) is 4. The van der Waals surface area contributed by atoms with Crippen molar-refractivity contribution >= 4 is 44.2 Å². The molecule has 0 aliphatic rings. The Morgan fingerprint density at radius 3 is 2.58 bits per heavy atom. The molecule has 0 aliphatic carbocycles. The largest absolute Gasteiger partial charge is 0.487 e. The molecule has 8 heteroatoms. The Kier molecular flexibility index (Phi) is 5.12. The molecule has 2 aromatic carbocycles. The normalized spacial score (nSPS) is 11.7. The molecule has 26 heavy (non-hydrogen) atoms. The van der Waals surface area contributed by atoms with E-state index in [1.165, 1.54) is 6.07 Å². The highest BCUT2D eigenvalue weighted by Gasteiger charge is 2.20. The van der Waals surface area contributed by atoms with Gasteiger partial charge in [0.05, 0.1) is 5.02 Å². The number of para-hydroxylation sites is 1. The number of rotatable bonds is 4. The maximum Gasteiger partial charge on any atom is 0.296 e.